The number of fused-ring (bicyclic) bond motifs is 2. The molecular weight excluding hydrogens is 480 g/mol. The quantitative estimate of drug-likeness (QED) is 0.0893. The Balaban J connectivity index is 1.57. The molecule has 186 valence electrons. The van der Waals surface area contributed by atoms with E-state index in [-0.39, 0.29) is 33.2 Å². The first-order chi connectivity index (χ1) is 18.3. The van der Waals surface area contributed by atoms with Crippen molar-refractivity contribution in [1.82, 2.24) is 0 Å². The largest absolute Gasteiger partial charge is 0.384 e. The third-order valence-electron chi connectivity index (χ3n) is 6.01. The summed E-state index contributed by atoms with van der Waals surface area (Å²) in [7, 11) is 0. The summed E-state index contributed by atoms with van der Waals surface area (Å²) >= 11 is 0. The molecule has 0 spiro atoms. The van der Waals surface area contributed by atoms with Gasteiger partial charge >= 0.3 is 0 Å². The molecule has 5 aromatic rings. The number of nitrogens with one attached hydrogen (secondary N) is 4. The third-order valence-corrected chi connectivity index (χ3v) is 6.01. The minimum Gasteiger partial charge on any atom is -0.384 e. The summed E-state index contributed by atoms with van der Waals surface area (Å²) in [6.07, 6.45) is 0. The van der Waals surface area contributed by atoms with Gasteiger partial charge in [-0.15, -0.1) is 0 Å². The van der Waals surface area contributed by atoms with Crippen molar-refractivity contribution in [3.8, 4) is 0 Å². The lowest BCUT2D eigenvalue weighted by atomic mass is 10.0. The Morgan fingerprint density at radius 1 is 0.579 bits per heavy atom. The van der Waals surface area contributed by atoms with Gasteiger partial charge in [0.2, 0.25) is 10.9 Å². The number of nitrogen functional groups attached to an aromatic ring is 2. The Hall–Kier alpha value is -5.64. The molecule has 5 aromatic carbocycles. The summed E-state index contributed by atoms with van der Waals surface area (Å²) in [5.41, 5.74) is 18.7. The molecular formula is C28H22N8O2. The van der Waals surface area contributed by atoms with Crippen LogP contribution in [0.4, 0.5) is 11.4 Å². The molecule has 0 aliphatic rings. The highest BCUT2D eigenvalue weighted by atomic mass is 16.1. The lowest BCUT2D eigenvalue weighted by Crippen LogP contribution is -2.27. The molecule has 5 rings (SSSR count). The van der Waals surface area contributed by atoms with Crippen molar-refractivity contribution < 1.29 is 0 Å². The van der Waals surface area contributed by atoms with E-state index in [2.05, 4.69) is 21.1 Å². The van der Waals surface area contributed by atoms with E-state index in [4.69, 9.17) is 22.3 Å². The van der Waals surface area contributed by atoms with Crippen LogP contribution in [0.3, 0.4) is 0 Å². The minimum absolute atomic E-state index is 0.0373. The topological polar surface area (TPSA) is 183 Å². The second-order valence-electron chi connectivity index (χ2n) is 8.55. The summed E-state index contributed by atoms with van der Waals surface area (Å²) < 4.78 is 0. The number of rotatable bonds is 6. The molecule has 0 bridgehead atoms. The fourth-order valence-corrected chi connectivity index (χ4v) is 3.99. The number of hydrogen-bond acceptors (Lipinski definition) is 8. The molecule has 0 aliphatic heterocycles. The van der Waals surface area contributed by atoms with Gasteiger partial charge in [0.05, 0.1) is 11.4 Å². The molecule has 0 heterocycles. The van der Waals surface area contributed by atoms with E-state index >= 15 is 0 Å². The first-order valence-electron chi connectivity index (χ1n) is 11.5. The Labute approximate surface area is 215 Å². The Morgan fingerprint density at radius 2 is 0.947 bits per heavy atom. The maximum absolute atomic E-state index is 12.7. The molecule has 0 fully saturated rings. The predicted molar refractivity (Wildman–Crippen MR) is 150 cm³/mol. The van der Waals surface area contributed by atoms with Gasteiger partial charge in [0.15, 0.2) is 0 Å². The monoisotopic (exact) mass is 502 g/mol. The van der Waals surface area contributed by atoms with Gasteiger partial charge in [0.1, 0.15) is 22.4 Å². The third kappa shape index (κ3) is 4.73. The van der Waals surface area contributed by atoms with Crippen LogP contribution in [0.5, 0.6) is 0 Å². The Morgan fingerprint density at radius 3 is 1.29 bits per heavy atom. The molecule has 0 radical (unpaired) electrons. The molecule has 0 aliphatic carbocycles. The zero-order valence-electron chi connectivity index (χ0n) is 19.9. The van der Waals surface area contributed by atoms with Crippen molar-refractivity contribution in [1.29, 1.82) is 10.8 Å². The zero-order valence-corrected chi connectivity index (χ0v) is 19.9. The van der Waals surface area contributed by atoms with Crippen molar-refractivity contribution in [3.05, 3.63) is 127 Å². The zero-order chi connectivity index (χ0) is 26.8. The molecule has 0 atom stereocenters. The van der Waals surface area contributed by atoms with E-state index in [0.29, 0.717) is 33.3 Å². The van der Waals surface area contributed by atoms with E-state index in [9.17, 15) is 9.59 Å². The van der Waals surface area contributed by atoms with Gasteiger partial charge in [-0.25, -0.2) is 0 Å². The van der Waals surface area contributed by atoms with Crippen LogP contribution in [0.25, 0.3) is 21.5 Å². The smallest absolute Gasteiger partial charge is 0.206 e. The van der Waals surface area contributed by atoms with Crippen LogP contribution in [0.2, 0.25) is 0 Å². The highest BCUT2D eigenvalue weighted by Crippen LogP contribution is 2.17. The van der Waals surface area contributed by atoms with Gasteiger partial charge in [0, 0.05) is 21.9 Å². The summed E-state index contributed by atoms with van der Waals surface area (Å²) in [6.45, 7) is 0. The average Bonchev–Trinajstić information content (AvgIpc) is 2.91. The highest BCUT2D eigenvalue weighted by Gasteiger charge is 2.07. The van der Waals surface area contributed by atoms with Crippen molar-refractivity contribution in [2.45, 2.75) is 0 Å². The van der Waals surface area contributed by atoms with E-state index in [1.54, 1.807) is 60.7 Å². The summed E-state index contributed by atoms with van der Waals surface area (Å²) in [5, 5.41) is 26.8. The van der Waals surface area contributed by atoms with Crippen LogP contribution in [-0.2, 0) is 0 Å². The van der Waals surface area contributed by atoms with E-state index in [1.165, 1.54) is 12.1 Å². The average molecular weight is 503 g/mol. The van der Waals surface area contributed by atoms with E-state index < -0.39 is 0 Å². The first-order valence-corrected chi connectivity index (χ1v) is 11.5. The number of anilines is 2. The van der Waals surface area contributed by atoms with E-state index in [0.717, 1.165) is 10.8 Å². The van der Waals surface area contributed by atoms with Crippen molar-refractivity contribution in [2.24, 2.45) is 21.7 Å². The van der Waals surface area contributed by atoms with Crippen molar-refractivity contribution >= 4 is 44.6 Å². The number of hydrogen-bond donors (Lipinski definition) is 6. The Kier molecular flexibility index (Phi) is 6.20. The first kappa shape index (κ1) is 24.1. The maximum Gasteiger partial charge on any atom is 0.206 e. The molecule has 10 nitrogen and oxygen atoms in total. The standard InChI is InChI=1S/C28H22N8O2/c29-27(30)15-1-7-19(8-2-15)33-35-25-21-13-18-6-12-24(38)26(22(18)14-17(21)5-11-23(25)37)36-34-20-9-3-16(4-10-20)28(31)32/h1-14,33-34H,(H3,29,30)(H3,31,32)/b35-25-,36-26+. The molecule has 0 unspecified atom stereocenters. The van der Waals surface area contributed by atoms with Crippen LogP contribution < -0.4 is 43.9 Å². The molecule has 0 saturated heterocycles. The fourth-order valence-electron chi connectivity index (χ4n) is 3.99. The number of nitrogens with two attached hydrogens (primary N) is 2. The summed E-state index contributed by atoms with van der Waals surface area (Å²) in [6, 6.07) is 23.5. The van der Waals surface area contributed by atoms with Crippen molar-refractivity contribution in [3.63, 3.8) is 0 Å². The van der Waals surface area contributed by atoms with Gasteiger partial charge in [-0.3, -0.25) is 31.3 Å². The lowest BCUT2D eigenvalue weighted by molar-refractivity contribution is 1.21. The minimum atomic E-state index is -0.259. The van der Waals surface area contributed by atoms with Gasteiger partial charge in [-0.2, -0.15) is 10.2 Å². The second kappa shape index (κ2) is 9.78. The maximum atomic E-state index is 12.7. The highest BCUT2D eigenvalue weighted by molar-refractivity contribution is 5.98. The van der Waals surface area contributed by atoms with Crippen LogP contribution in [0.15, 0.2) is 105 Å². The van der Waals surface area contributed by atoms with Crippen molar-refractivity contribution in [2.75, 3.05) is 10.9 Å². The van der Waals surface area contributed by atoms with Crippen LogP contribution in [0.1, 0.15) is 11.1 Å². The molecule has 0 amide bonds. The normalized spacial score (nSPS) is 12.1. The molecule has 0 aromatic heterocycles. The van der Waals surface area contributed by atoms with Crippen LogP contribution >= 0.6 is 0 Å². The van der Waals surface area contributed by atoms with Gasteiger partial charge < -0.3 is 11.5 Å². The van der Waals surface area contributed by atoms with Gasteiger partial charge in [-0.05, 0) is 83.6 Å². The number of benzene rings is 5. The predicted octanol–water partition coefficient (Wildman–Crippen LogP) is 2.01. The van der Waals surface area contributed by atoms with Crippen LogP contribution in [-0.4, -0.2) is 11.7 Å². The number of nitrogens with zero attached hydrogens (tertiary/aromatic N) is 2. The molecule has 38 heavy (non-hydrogen) atoms. The lowest BCUT2D eigenvalue weighted by Gasteiger charge is -2.05. The van der Waals surface area contributed by atoms with Crippen LogP contribution in [0, 0.1) is 10.8 Å². The SMILES string of the molecule is N=C(N)c1ccc(N/N=c2\c(=O)ccc3cc4/c(=N\Nc5ccc(C(=N)N)cc5)c(=O)ccc4cc23)cc1. The van der Waals surface area contributed by atoms with Gasteiger partial charge in [0.25, 0.3) is 0 Å². The Bertz CT molecular complexity index is 1810. The van der Waals surface area contributed by atoms with E-state index in [1.807, 2.05) is 12.1 Å². The molecule has 0 saturated carbocycles. The number of amidine groups is 2. The molecule has 8 N–H and O–H groups in total. The molecule has 10 heteroatoms. The fraction of sp³-hybridized carbons (Fsp3) is 0. The summed E-state index contributed by atoms with van der Waals surface area (Å²) in [5.74, 6) is -0.0746. The van der Waals surface area contributed by atoms with Gasteiger partial charge in [-0.1, -0.05) is 12.1 Å². The summed E-state index contributed by atoms with van der Waals surface area (Å²) in [4.78, 5) is 25.4. The second-order valence-corrected chi connectivity index (χ2v) is 8.55.